The van der Waals surface area contributed by atoms with Crippen LogP contribution in [-0.4, -0.2) is 23.9 Å². The summed E-state index contributed by atoms with van der Waals surface area (Å²) in [5.74, 6) is 0.239. The highest BCUT2D eigenvalue weighted by molar-refractivity contribution is 5.81. The van der Waals surface area contributed by atoms with Gasteiger partial charge in [0, 0.05) is 18.5 Å². The van der Waals surface area contributed by atoms with Crippen molar-refractivity contribution in [2.24, 2.45) is 5.41 Å². The van der Waals surface area contributed by atoms with Crippen molar-refractivity contribution in [3.8, 4) is 0 Å². The molecule has 2 nitrogen and oxygen atoms in total. The molecule has 0 atom stereocenters. The highest BCUT2D eigenvalue weighted by Crippen LogP contribution is 2.18. The van der Waals surface area contributed by atoms with Crippen LogP contribution in [0.3, 0.4) is 0 Å². The van der Waals surface area contributed by atoms with Crippen molar-refractivity contribution < 1.29 is 4.79 Å². The summed E-state index contributed by atoms with van der Waals surface area (Å²) in [5, 5.41) is 0. The van der Waals surface area contributed by atoms with E-state index in [1.807, 2.05) is 31.7 Å². The molecule has 0 rings (SSSR count). The highest BCUT2D eigenvalue weighted by Gasteiger charge is 2.25. The van der Waals surface area contributed by atoms with E-state index in [4.69, 9.17) is 0 Å². The summed E-state index contributed by atoms with van der Waals surface area (Å²) in [4.78, 5) is 14.3. The Morgan fingerprint density at radius 1 is 0.909 bits per heavy atom. The van der Waals surface area contributed by atoms with Gasteiger partial charge in [-0.25, -0.2) is 0 Å². The Balaban J connectivity index is 3.69. The maximum atomic E-state index is 12.3. The van der Waals surface area contributed by atoms with E-state index in [9.17, 15) is 4.79 Å². The van der Waals surface area contributed by atoms with Crippen LogP contribution in [-0.2, 0) is 4.79 Å². The number of unbranched alkanes of at least 4 members (excludes halogenated alkanes) is 9. The maximum Gasteiger partial charge on any atom is 0.228 e. The van der Waals surface area contributed by atoms with Crippen LogP contribution in [0.4, 0.5) is 0 Å². The van der Waals surface area contributed by atoms with Crippen LogP contribution in [0.25, 0.3) is 0 Å². The smallest absolute Gasteiger partial charge is 0.228 e. The van der Waals surface area contributed by atoms with E-state index in [1.165, 1.54) is 57.8 Å². The molecule has 130 valence electrons. The van der Waals surface area contributed by atoms with E-state index in [-0.39, 0.29) is 11.3 Å². The van der Waals surface area contributed by atoms with Gasteiger partial charge in [-0.1, -0.05) is 91.6 Å². The molecule has 0 saturated carbocycles. The SMILES string of the molecule is C=CCN(CCCCCCCCCCCC)C(=O)C(C)(C)C. The fourth-order valence-electron chi connectivity index (χ4n) is 2.70. The van der Waals surface area contributed by atoms with Gasteiger partial charge in [-0.3, -0.25) is 4.79 Å². The lowest BCUT2D eigenvalue weighted by Crippen LogP contribution is -2.40. The monoisotopic (exact) mass is 309 g/mol. The fourth-order valence-corrected chi connectivity index (χ4v) is 2.70. The number of amides is 1. The molecule has 22 heavy (non-hydrogen) atoms. The Labute approximate surface area is 139 Å². The highest BCUT2D eigenvalue weighted by atomic mass is 16.2. The van der Waals surface area contributed by atoms with Crippen LogP contribution in [0, 0.1) is 5.41 Å². The van der Waals surface area contributed by atoms with Gasteiger partial charge in [0.25, 0.3) is 0 Å². The van der Waals surface area contributed by atoms with Crippen molar-refractivity contribution in [1.29, 1.82) is 0 Å². The van der Waals surface area contributed by atoms with Gasteiger partial charge in [0.2, 0.25) is 5.91 Å². The Morgan fingerprint density at radius 2 is 1.36 bits per heavy atom. The first-order chi connectivity index (χ1) is 10.4. The summed E-state index contributed by atoms with van der Waals surface area (Å²) in [7, 11) is 0. The standard InChI is InChI=1S/C20H39NO/c1-6-8-9-10-11-12-13-14-15-16-18-21(17-7-2)19(22)20(3,4)5/h7H,2,6,8-18H2,1,3-5H3. The molecule has 0 aliphatic carbocycles. The molecule has 0 N–H and O–H groups in total. The molecule has 0 aromatic carbocycles. The van der Waals surface area contributed by atoms with E-state index in [2.05, 4.69) is 13.5 Å². The van der Waals surface area contributed by atoms with Gasteiger partial charge >= 0.3 is 0 Å². The molecule has 1 amide bonds. The zero-order valence-electron chi connectivity index (χ0n) is 15.6. The summed E-state index contributed by atoms with van der Waals surface area (Å²) < 4.78 is 0. The predicted octanol–water partition coefficient (Wildman–Crippen LogP) is 5.97. The van der Waals surface area contributed by atoms with Gasteiger partial charge in [-0.2, -0.15) is 0 Å². The summed E-state index contributed by atoms with van der Waals surface area (Å²) in [5.41, 5.74) is -0.290. The van der Waals surface area contributed by atoms with E-state index in [0.717, 1.165) is 13.0 Å². The minimum Gasteiger partial charge on any atom is -0.339 e. The number of nitrogens with zero attached hydrogens (tertiary/aromatic N) is 1. The lowest BCUT2D eigenvalue weighted by molar-refractivity contribution is -0.139. The molecule has 0 unspecified atom stereocenters. The molecular weight excluding hydrogens is 270 g/mol. The van der Waals surface area contributed by atoms with Gasteiger partial charge in [-0.05, 0) is 6.42 Å². The molecule has 0 heterocycles. The number of carbonyl (C=O) groups excluding carboxylic acids is 1. The zero-order chi connectivity index (χ0) is 16.8. The van der Waals surface area contributed by atoms with Crippen molar-refractivity contribution in [3.63, 3.8) is 0 Å². The largest absolute Gasteiger partial charge is 0.339 e. The number of carbonyl (C=O) groups is 1. The first-order valence-electron chi connectivity index (χ1n) is 9.33. The van der Waals surface area contributed by atoms with Gasteiger partial charge < -0.3 is 4.90 Å². The Bertz CT molecular complexity index is 291. The first-order valence-corrected chi connectivity index (χ1v) is 9.33. The van der Waals surface area contributed by atoms with Crippen LogP contribution in [0.1, 0.15) is 91.9 Å². The molecule has 2 heteroatoms. The second-order valence-electron chi connectivity index (χ2n) is 7.47. The first kappa shape index (κ1) is 21.2. The van der Waals surface area contributed by atoms with Crippen LogP contribution < -0.4 is 0 Å². The average molecular weight is 310 g/mol. The molecule has 0 aliphatic rings. The van der Waals surface area contributed by atoms with Gasteiger partial charge in [0.1, 0.15) is 0 Å². The molecule has 0 aromatic heterocycles. The number of hydrogen-bond acceptors (Lipinski definition) is 1. The Morgan fingerprint density at radius 3 is 1.77 bits per heavy atom. The Hall–Kier alpha value is -0.790. The second kappa shape index (κ2) is 12.7. The second-order valence-corrected chi connectivity index (χ2v) is 7.47. The summed E-state index contributed by atoms with van der Waals surface area (Å²) in [6.45, 7) is 13.6. The van der Waals surface area contributed by atoms with Crippen molar-refractivity contribution in [2.75, 3.05) is 13.1 Å². The Kier molecular flexibility index (Phi) is 12.3. The van der Waals surface area contributed by atoms with Crippen molar-refractivity contribution in [3.05, 3.63) is 12.7 Å². The van der Waals surface area contributed by atoms with E-state index >= 15 is 0 Å². The topological polar surface area (TPSA) is 20.3 Å². The van der Waals surface area contributed by atoms with E-state index < -0.39 is 0 Å². The lowest BCUT2D eigenvalue weighted by Gasteiger charge is -2.28. The molecule has 0 fully saturated rings. The number of rotatable bonds is 13. The van der Waals surface area contributed by atoms with Crippen molar-refractivity contribution in [1.82, 2.24) is 4.90 Å². The average Bonchev–Trinajstić information content (AvgIpc) is 2.46. The van der Waals surface area contributed by atoms with E-state index in [1.54, 1.807) is 0 Å². The number of hydrogen-bond donors (Lipinski definition) is 0. The summed E-state index contributed by atoms with van der Waals surface area (Å²) in [6, 6.07) is 0. The molecule has 0 spiro atoms. The van der Waals surface area contributed by atoms with E-state index in [0.29, 0.717) is 6.54 Å². The van der Waals surface area contributed by atoms with Gasteiger partial charge in [0.05, 0.1) is 0 Å². The van der Waals surface area contributed by atoms with Gasteiger partial charge in [-0.15, -0.1) is 6.58 Å². The molecule has 0 radical (unpaired) electrons. The lowest BCUT2D eigenvalue weighted by atomic mass is 9.94. The molecular formula is C20H39NO. The molecule has 0 aromatic rings. The molecule has 0 saturated heterocycles. The molecule has 0 aliphatic heterocycles. The quantitative estimate of drug-likeness (QED) is 0.303. The predicted molar refractivity (Wildman–Crippen MR) is 98.1 cm³/mol. The fraction of sp³-hybridized carbons (Fsp3) is 0.850. The minimum absolute atomic E-state index is 0.239. The maximum absolute atomic E-state index is 12.3. The van der Waals surface area contributed by atoms with Crippen LogP contribution in [0.2, 0.25) is 0 Å². The zero-order valence-corrected chi connectivity index (χ0v) is 15.6. The minimum atomic E-state index is -0.290. The summed E-state index contributed by atoms with van der Waals surface area (Å²) >= 11 is 0. The van der Waals surface area contributed by atoms with Crippen molar-refractivity contribution >= 4 is 5.91 Å². The van der Waals surface area contributed by atoms with Crippen molar-refractivity contribution in [2.45, 2.75) is 91.9 Å². The van der Waals surface area contributed by atoms with Crippen LogP contribution in [0.5, 0.6) is 0 Å². The van der Waals surface area contributed by atoms with Crippen LogP contribution in [0.15, 0.2) is 12.7 Å². The third-order valence-corrected chi connectivity index (χ3v) is 4.06. The normalized spacial score (nSPS) is 11.5. The third-order valence-electron chi connectivity index (χ3n) is 4.06. The third kappa shape index (κ3) is 10.9. The van der Waals surface area contributed by atoms with Gasteiger partial charge in [0.15, 0.2) is 0 Å². The van der Waals surface area contributed by atoms with Crippen LogP contribution >= 0.6 is 0 Å². The molecule has 0 bridgehead atoms. The summed E-state index contributed by atoms with van der Waals surface area (Å²) in [6.07, 6.45) is 15.1.